The maximum atomic E-state index is 13.0. The van der Waals surface area contributed by atoms with E-state index in [4.69, 9.17) is 15.0 Å². The number of carboxylic acid groups (broad SMARTS) is 4. The fraction of sp³-hybridized carbons (Fsp3) is 0.310. The normalized spacial score (nSPS) is 19.3. The van der Waals surface area contributed by atoms with Crippen LogP contribution in [0.25, 0.3) is 0 Å². The Hall–Kier alpha value is -3.25. The monoisotopic (exact) mass is 927 g/mol. The molecule has 5 aliphatic rings. The molecule has 0 aromatic carbocycles. The summed E-state index contributed by atoms with van der Waals surface area (Å²) in [4.78, 5) is 85.9. The van der Waals surface area contributed by atoms with Gasteiger partial charge in [-0.1, -0.05) is 12.7 Å². The molecule has 320 valence electrons. The number of allylic oxidation sites excluding steroid dienone is 11. The number of nitrogens with one attached hydrogen (secondary N) is 4. The van der Waals surface area contributed by atoms with Crippen molar-refractivity contribution < 1.29 is 178 Å². The third-order valence-corrected chi connectivity index (χ3v) is 10.5. The van der Waals surface area contributed by atoms with E-state index < -0.39 is 66.2 Å². The van der Waals surface area contributed by atoms with E-state index >= 15 is 0 Å². The average Bonchev–Trinajstić information content (AvgIpc) is 3.81. The Morgan fingerprint density at radius 3 is 1.72 bits per heavy atom. The third-order valence-electron chi connectivity index (χ3n) is 10.5. The van der Waals surface area contributed by atoms with Gasteiger partial charge in [0.05, 0.1) is 63.9 Å². The van der Waals surface area contributed by atoms with Crippen LogP contribution in [0.1, 0.15) is 66.2 Å². The van der Waals surface area contributed by atoms with Crippen molar-refractivity contribution in [3.8, 4) is 0 Å². The van der Waals surface area contributed by atoms with Gasteiger partial charge >= 0.3 is 118 Å². The second-order valence-corrected chi connectivity index (χ2v) is 14.6. The van der Waals surface area contributed by atoms with E-state index in [0.717, 1.165) is 5.57 Å². The van der Waals surface area contributed by atoms with Crippen LogP contribution in [0.5, 0.6) is 0 Å². The van der Waals surface area contributed by atoms with Crippen molar-refractivity contribution in [3.63, 3.8) is 0 Å². The molecule has 0 aliphatic carbocycles. The average molecular weight is 928 g/mol. The summed E-state index contributed by atoms with van der Waals surface area (Å²) in [5.74, 6) is -8.63. The summed E-state index contributed by atoms with van der Waals surface area (Å²) < 4.78 is 0. The summed E-state index contributed by atoms with van der Waals surface area (Å²) in [6.45, 7) is 10.8. The SMILES string of the molecule is C=CC1=C(C)C2=CC3=NC(=CC4=NC(=CC5=C(C=CNO)C(C)(O)C(=CC1=N2)N5)C(C)=C4CCC(=O)NC(CC(=O)[O-])C(=O)[O-])C(CCC(=O)NC(CC(=O)[O-])C(=O)[O-])=C3C.[Na+].[Na+].[Na+].[Na+]. The fourth-order valence-electron chi connectivity index (χ4n) is 7.19. The summed E-state index contributed by atoms with van der Waals surface area (Å²) in [7, 11) is 0. The Bertz CT molecular complexity index is 2430. The number of amides is 2. The molecule has 0 radical (unpaired) electrons. The quantitative estimate of drug-likeness (QED) is 0.0583. The molecular weight excluding hydrogens is 886 g/mol. The van der Waals surface area contributed by atoms with Crippen LogP contribution in [0.2, 0.25) is 0 Å². The molecule has 0 spiro atoms. The molecule has 65 heavy (non-hydrogen) atoms. The molecule has 0 aromatic heterocycles. The number of rotatable bonds is 17. The van der Waals surface area contributed by atoms with Crippen molar-refractivity contribution in [1.29, 1.82) is 0 Å². The van der Waals surface area contributed by atoms with Crippen LogP contribution in [-0.4, -0.2) is 80.8 Å². The summed E-state index contributed by atoms with van der Waals surface area (Å²) in [6.07, 6.45) is 8.19. The van der Waals surface area contributed by atoms with Crippen LogP contribution < -0.4 is 160 Å². The van der Waals surface area contributed by atoms with Crippen LogP contribution in [0, 0.1) is 0 Å². The first kappa shape index (κ1) is 59.8. The van der Waals surface area contributed by atoms with Gasteiger partial charge in [-0.25, -0.2) is 15.0 Å². The molecule has 23 heteroatoms. The van der Waals surface area contributed by atoms with E-state index in [-0.39, 0.29) is 144 Å². The molecule has 0 saturated heterocycles. The van der Waals surface area contributed by atoms with Gasteiger partial charge in [0, 0.05) is 60.7 Å². The van der Waals surface area contributed by atoms with Gasteiger partial charge in [-0.3, -0.25) is 20.3 Å². The van der Waals surface area contributed by atoms with Crippen LogP contribution >= 0.6 is 0 Å². The molecule has 2 amide bonds. The summed E-state index contributed by atoms with van der Waals surface area (Å²) in [5, 5.41) is 74.2. The Morgan fingerprint density at radius 2 is 1.22 bits per heavy atom. The molecule has 0 saturated carbocycles. The summed E-state index contributed by atoms with van der Waals surface area (Å²) in [6, 6.07) is -3.69. The van der Waals surface area contributed by atoms with Crippen LogP contribution in [0.4, 0.5) is 0 Å². The summed E-state index contributed by atoms with van der Waals surface area (Å²) >= 11 is 0. The molecule has 5 aliphatic heterocycles. The zero-order valence-electron chi connectivity index (χ0n) is 37.5. The van der Waals surface area contributed by atoms with E-state index in [9.17, 15) is 59.5 Å². The van der Waals surface area contributed by atoms with Gasteiger partial charge in [0.15, 0.2) is 0 Å². The molecule has 8 bridgehead atoms. The number of hydrogen-bond acceptors (Lipinski definition) is 17. The number of aliphatic hydroxyl groups is 1. The largest absolute Gasteiger partial charge is 1.00 e. The number of hydrogen-bond donors (Lipinski definition) is 6. The molecule has 3 unspecified atom stereocenters. The van der Waals surface area contributed by atoms with E-state index in [1.165, 1.54) is 12.3 Å². The van der Waals surface area contributed by atoms with Gasteiger partial charge < -0.3 is 60.7 Å². The topological polar surface area (TPSA) is 320 Å². The fourth-order valence-corrected chi connectivity index (χ4v) is 7.19. The Morgan fingerprint density at radius 1 is 0.723 bits per heavy atom. The molecule has 0 aromatic rings. The van der Waals surface area contributed by atoms with E-state index in [0.29, 0.717) is 79.1 Å². The molecule has 19 nitrogen and oxygen atoms in total. The molecule has 0 fully saturated rings. The van der Waals surface area contributed by atoms with Crippen LogP contribution in [0.3, 0.4) is 0 Å². The minimum atomic E-state index is -1.85. The molecule has 5 heterocycles. The number of fused-ring (bicyclic) bond motifs is 5. The van der Waals surface area contributed by atoms with E-state index in [2.05, 4.69) is 22.5 Å². The first-order chi connectivity index (χ1) is 28.7. The van der Waals surface area contributed by atoms with Crippen LogP contribution in [-0.2, 0) is 28.8 Å². The first-order valence-electron chi connectivity index (χ1n) is 18.8. The maximum absolute atomic E-state index is 13.0. The number of hydroxylamine groups is 1. The van der Waals surface area contributed by atoms with Crippen molar-refractivity contribution >= 4 is 52.8 Å². The Kier molecular flexibility index (Phi) is 23.7. The van der Waals surface area contributed by atoms with E-state index in [1.807, 2.05) is 12.4 Å². The number of carbonyl (C=O) groups is 6. The first-order valence-corrected chi connectivity index (χ1v) is 18.8. The second-order valence-electron chi connectivity index (χ2n) is 14.6. The van der Waals surface area contributed by atoms with Gasteiger partial charge in [0.25, 0.3) is 0 Å². The maximum Gasteiger partial charge on any atom is 1.00 e. The zero-order valence-corrected chi connectivity index (χ0v) is 45.5. The predicted octanol–water partition coefficient (Wildman–Crippen LogP) is -14.5. The van der Waals surface area contributed by atoms with Crippen molar-refractivity contribution in [2.75, 3.05) is 0 Å². The van der Waals surface area contributed by atoms with Crippen molar-refractivity contribution in [3.05, 3.63) is 117 Å². The minimum Gasteiger partial charge on any atom is -0.550 e. The van der Waals surface area contributed by atoms with Gasteiger partial charge in [-0.2, -0.15) is 0 Å². The van der Waals surface area contributed by atoms with Gasteiger partial charge in [-0.05, 0) is 98.8 Å². The zero-order chi connectivity index (χ0) is 44.9. The van der Waals surface area contributed by atoms with Crippen LogP contribution in [0.15, 0.2) is 132 Å². The van der Waals surface area contributed by atoms with E-state index in [1.54, 1.807) is 51.2 Å². The second kappa shape index (κ2) is 25.8. The number of aliphatic carboxylic acids is 4. The van der Waals surface area contributed by atoms with Gasteiger partial charge in [0.2, 0.25) is 11.8 Å². The number of aliphatic imine (C=N–C) groups is 3. The molecular formula is C42H41N7Na4O12. The predicted molar refractivity (Wildman–Crippen MR) is 209 cm³/mol. The Balaban J connectivity index is 0.00000528. The minimum absolute atomic E-state index is 0. The number of carbonyl (C=O) groups excluding carboxylic acids is 6. The number of nitrogens with zero attached hydrogens (tertiary/aromatic N) is 3. The standard InChI is InChI=1S/C42H45N7O12.4Na/c1-6-22-19(2)26-13-27-20(3)23(7-9-36(50)48-33(40(56)57)17-38(52)53)29(44-27)15-30-24(8-10-37(51)49-34(41(58)59)18-39(54)55)21(4)28(45-30)14-32-25(11-12-43-61)42(5,60)35(47-32)16-31(22)46-26;;;;/h6,11-16,33-34,43,47,60-61H,1,7-10,17-18H2,2-5H3,(H,48,50)(H,49,51)(H,52,53)(H,54,55)(H,56,57)(H,58,59);;;;/q;4*+1/p-4. The van der Waals surface area contributed by atoms with Gasteiger partial charge in [-0.15, -0.1) is 0 Å². The third kappa shape index (κ3) is 14.4. The van der Waals surface area contributed by atoms with Crippen molar-refractivity contribution in [2.24, 2.45) is 15.0 Å². The smallest absolute Gasteiger partial charge is 0.550 e. The molecule has 3 atom stereocenters. The molecule has 6 N–H and O–H groups in total. The van der Waals surface area contributed by atoms with Gasteiger partial charge in [0.1, 0.15) is 5.60 Å². The van der Waals surface area contributed by atoms with Crippen molar-refractivity contribution in [2.45, 2.75) is 83.9 Å². The Labute approximate surface area is 462 Å². The van der Waals surface area contributed by atoms with Crippen molar-refractivity contribution in [1.82, 2.24) is 21.4 Å². The molecule has 5 rings (SSSR count). The number of carboxylic acids is 4. The summed E-state index contributed by atoms with van der Waals surface area (Å²) in [5.41, 5.74) is 7.20.